The number of aromatic nitrogens is 3. The maximum Gasteiger partial charge on any atom is 0.416 e. The van der Waals surface area contributed by atoms with Gasteiger partial charge in [0.25, 0.3) is 0 Å². The van der Waals surface area contributed by atoms with Gasteiger partial charge >= 0.3 is 6.18 Å². The van der Waals surface area contributed by atoms with Gasteiger partial charge in [-0.3, -0.25) is 5.32 Å². The first-order valence-corrected chi connectivity index (χ1v) is 8.45. The van der Waals surface area contributed by atoms with Gasteiger partial charge < -0.3 is 5.32 Å². The third kappa shape index (κ3) is 5.52. The fourth-order valence-corrected chi connectivity index (χ4v) is 2.55. The van der Waals surface area contributed by atoms with Crippen LogP contribution in [-0.4, -0.2) is 19.9 Å². The predicted molar refractivity (Wildman–Crippen MR) is 100 cm³/mol. The van der Waals surface area contributed by atoms with Crippen molar-refractivity contribution in [2.24, 2.45) is 0 Å². The van der Waals surface area contributed by atoms with Crippen LogP contribution in [0.25, 0.3) is 0 Å². The minimum atomic E-state index is -4.37. The summed E-state index contributed by atoms with van der Waals surface area (Å²) in [4.78, 5) is 4.07. The number of anilines is 1. The molecule has 140 valence electrons. The summed E-state index contributed by atoms with van der Waals surface area (Å²) in [6.45, 7) is 0.723. The molecule has 0 fully saturated rings. The molecule has 0 aliphatic heterocycles. The molecule has 27 heavy (non-hydrogen) atoms. The maximum atomic E-state index is 12.8. The highest BCUT2D eigenvalue weighted by atomic mass is 32.1. The summed E-state index contributed by atoms with van der Waals surface area (Å²) >= 11 is 5.20. The van der Waals surface area contributed by atoms with Crippen molar-refractivity contribution in [2.75, 3.05) is 5.32 Å². The zero-order chi connectivity index (χ0) is 19.3. The lowest BCUT2D eigenvalue weighted by Crippen LogP contribution is -2.28. The summed E-state index contributed by atoms with van der Waals surface area (Å²) in [5, 5.41) is 10.4. The largest absolute Gasteiger partial charge is 0.416 e. The lowest BCUT2D eigenvalue weighted by molar-refractivity contribution is -0.137. The second kappa shape index (κ2) is 8.17. The van der Waals surface area contributed by atoms with Gasteiger partial charge in [-0.15, -0.1) is 5.10 Å². The number of nitrogens with zero attached hydrogens (tertiary/aromatic N) is 3. The van der Waals surface area contributed by atoms with E-state index in [1.807, 2.05) is 30.3 Å². The topological polar surface area (TPSA) is 54.8 Å². The Morgan fingerprint density at radius 1 is 1.04 bits per heavy atom. The van der Waals surface area contributed by atoms with Gasteiger partial charge in [0.05, 0.1) is 12.1 Å². The maximum absolute atomic E-state index is 12.8. The van der Waals surface area contributed by atoms with Gasteiger partial charge in [0.2, 0.25) is 5.95 Å². The molecule has 0 radical (unpaired) electrons. The molecule has 0 spiro atoms. The van der Waals surface area contributed by atoms with Crippen LogP contribution >= 0.6 is 12.2 Å². The van der Waals surface area contributed by atoms with E-state index < -0.39 is 11.7 Å². The average Bonchev–Trinajstić information content (AvgIpc) is 3.07. The van der Waals surface area contributed by atoms with E-state index >= 15 is 0 Å². The first-order valence-electron chi connectivity index (χ1n) is 8.04. The van der Waals surface area contributed by atoms with Gasteiger partial charge in [0.15, 0.2) is 5.11 Å². The zero-order valence-corrected chi connectivity index (χ0v) is 14.9. The average molecular weight is 391 g/mol. The van der Waals surface area contributed by atoms with Crippen molar-refractivity contribution in [2.45, 2.75) is 19.3 Å². The first-order chi connectivity index (χ1) is 12.9. The first kappa shape index (κ1) is 18.8. The smallest absolute Gasteiger partial charge is 0.358 e. The monoisotopic (exact) mass is 391 g/mol. The van der Waals surface area contributed by atoms with Crippen molar-refractivity contribution in [3.05, 3.63) is 77.6 Å². The van der Waals surface area contributed by atoms with Crippen molar-refractivity contribution in [1.29, 1.82) is 0 Å². The van der Waals surface area contributed by atoms with Crippen molar-refractivity contribution in [3.63, 3.8) is 0 Å². The molecule has 0 saturated heterocycles. The number of nitrogens with one attached hydrogen (secondary N) is 2. The Balaban J connectivity index is 1.56. The second-order valence-electron chi connectivity index (χ2n) is 5.76. The molecule has 3 rings (SSSR count). The molecule has 0 aliphatic rings. The third-order valence-corrected chi connectivity index (χ3v) is 3.90. The van der Waals surface area contributed by atoms with Gasteiger partial charge in [-0.05, 0) is 35.5 Å². The molecule has 0 amide bonds. The zero-order valence-electron chi connectivity index (χ0n) is 14.1. The van der Waals surface area contributed by atoms with Crippen LogP contribution in [0.15, 0.2) is 60.9 Å². The third-order valence-electron chi connectivity index (χ3n) is 3.66. The van der Waals surface area contributed by atoms with Crippen LogP contribution in [0.3, 0.4) is 0 Å². The summed E-state index contributed by atoms with van der Waals surface area (Å²) in [6.07, 6.45) is -2.94. The van der Waals surface area contributed by atoms with Crippen LogP contribution in [0.1, 0.15) is 16.7 Å². The molecule has 5 nitrogen and oxygen atoms in total. The number of hydrogen-bond donors (Lipinski definition) is 2. The van der Waals surface area contributed by atoms with Crippen LogP contribution in [0.2, 0.25) is 0 Å². The Morgan fingerprint density at radius 3 is 2.52 bits per heavy atom. The SMILES string of the molecule is FC(F)(F)c1cccc(Cn2cnc(NC(=S)NCc3ccccc3)n2)c1. The highest BCUT2D eigenvalue weighted by Crippen LogP contribution is 2.29. The fourth-order valence-electron chi connectivity index (χ4n) is 2.39. The predicted octanol–water partition coefficient (Wildman–Crippen LogP) is 3.83. The van der Waals surface area contributed by atoms with Gasteiger partial charge in [-0.2, -0.15) is 13.2 Å². The Hall–Kier alpha value is -2.94. The molecule has 0 aliphatic carbocycles. The summed E-state index contributed by atoms with van der Waals surface area (Å²) in [7, 11) is 0. The quantitative estimate of drug-likeness (QED) is 0.648. The highest BCUT2D eigenvalue weighted by molar-refractivity contribution is 7.80. The van der Waals surface area contributed by atoms with Gasteiger partial charge in [-0.25, -0.2) is 9.67 Å². The van der Waals surface area contributed by atoms with Crippen LogP contribution in [-0.2, 0) is 19.3 Å². The summed E-state index contributed by atoms with van der Waals surface area (Å²) in [5.74, 6) is 0.271. The molecule has 0 unspecified atom stereocenters. The molecular weight excluding hydrogens is 375 g/mol. The summed E-state index contributed by atoms with van der Waals surface area (Å²) in [6, 6.07) is 14.9. The molecule has 2 N–H and O–H groups in total. The van der Waals surface area contributed by atoms with Gasteiger partial charge in [-0.1, -0.05) is 42.5 Å². The van der Waals surface area contributed by atoms with Crippen molar-refractivity contribution >= 4 is 23.3 Å². The number of rotatable bonds is 5. The van der Waals surface area contributed by atoms with Crippen LogP contribution in [0.5, 0.6) is 0 Å². The van der Waals surface area contributed by atoms with E-state index in [9.17, 15) is 13.2 Å². The van der Waals surface area contributed by atoms with Crippen molar-refractivity contribution in [1.82, 2.24) is 20.1 Å². The minimum Gasteiger partial charge on any atom is -0.358 e. The number of thiocarbonyl (C=S) groups is 1. The summed E-state index contributed by atoms with van der Waals surface area (Å²) in [5.41, 5.74) is 0.862. The Bertz CT molecular complexity index is 909. The molecule has 3 aromatic rings. The Labute approximate surface area is 159 Å². The van der Waals surface area contributed by atoms with E-state index in [0.29, 0.717) is 17.2 Å². The van der Waals surface area contributed by atoms with Crippen LogP contribution < -0.4 is 10.6 Å². The highest BCUT2D eigenvalue weighted by Gasteiger charge is 2.30. The lowest BCUT2D eigenvalue weighted by atomic mass is 10.1. The van der Waals surface area contributed by atoms with E-state index in [0.717, 1.165) is 17.7 Å². The molecule has 1 heterocycles. The van der Waals surface area contributed by atoms with E-state index in [2.05, 4.69) is 20.7 Å². The second-order valence-corrected chi connectivity index (χ2v) is 6.17. The fraction of sp³-hybridized carbons (Fsp3) is 0.167. The molecule has 0 atom stereocenters. The molecule has 1 aromatic heterocycles. The standard InChI is InChI=1S/C18H16F3N5S/c19-18(20,21)15-8-4-7-14(9-15)11-26-12-23-16(25-26)24-17(27)22-10-13-5-2-1-3-6-13/h1-9,12H,10-11H2,(H2,22,24,25,27). The van der Waals surface area contributed by atoms with E-state index in [4.69, 9.17) is 12.2 Å². The van der Waals surface area contributed by atoms with Gasteiger partial charge in [0, 0.05) is 6.54 Å². The van der Waals surface area contributed by atoms with Crippen molar-refractivity contribution < 1.29 is 13.2 Å². The molecule has 2 aromatic carbocycles. The van der Waals surface area contributed by atoms with Crippen LogP contribution in [0.4, 0.5) is 19.1 Å². The Morgan fingerprint density at radius 2 is 1.78 bits per heavy atom. The molecule has 0 saturated carbocycles. The number of hydrogen-bond acceptors (Lipinski definition) is 3. The normalized spacial score (nSPS) is 11.2. The molecule has 9 heteroatoms. The number of benzene rings is 2. The number of alkyl halides is 3. The van der Waals surface area contributed by atoms with Crippen molar-refractivity contribution in [3.8, 4) is 0 Å². The van der Waals surface area contributed by atoms with E-state index in [1.165, 1.54) is 17.1 Å². The Kier molecular flexibility index (Phi) is 5.70. The molecule has 0 bridgehead atoms. The minimum absolute atomic E-state index is 0.169. The number of halogens is 3. The van der Waals surface area contributed by atoms with E-state index in [1.54, 1.807) is 6.07 Å². The van der Waals surface area contributed by atoms with Crippen LogP contribution in [0, 0.1) is 0 Å². The molecular formula is C18H16F3N5S. The van der Waals surface area contributed by atoms with Gasteiger partial charge in [0.1, 0.15) is 6.33 Å². The van der Waals surface area contributed by atoms with E-state index in [-0.39, 0.29) is 12.5 Å². The summed E-state index contributed by atoms with van der Waals surface area (Å²) < 4.78 is 39.8. The lowest BCUT2D eigenvalue weighted by Gasteiger charge is -2.09.